The molecule has 2 amide bonds. The van der Waals surface area contributed by atoms with E-state index < -0.39 is 45.9 Å². The van der Waals surface area contributed by atoms with Gasteiger partial charge in [-0.2, -0.15) is 13.2 Å². The SMILES string of the molecule is CC[C@H](NC(C)=O)[C@H]1CN(S(=O)(=O)c2ccc(F)cc2)c2cc(NC(=O)OC(C)(C)C(F)(F)F)ccc2O1. The molecule has 1 aliphatic heterocycles. The number of hydrogen-bond donors (Lipinski definition) is 2. The Morgan fingerprint density at radius 3 is 2.34 bits per heavy atom. The Labute approximate surface area is 217 Å². The van der Waals surface area contributed by atoms with Crippen molar-refractivity contribution < 1.29 is 45.0 Å². The molecule has 0 aliphatic carbocycles. The first kappa shape index (κ1) is 29.0. The fourth-order valence-electron chi connectivity index (χ4n) is 3.67. The van der Waals surface area contributed by atoms with Gasteiger partial charge in [0.05, 0.1) is 23.2 Å². The van der Waals surface area contributed by atoms with Crippen molar-refractivity contribution in [2.75, 3.05) is 16.2 Å². The number of sulfonamides is 1. The number of ether oxygens (including phenoxy) is 2. The smallest absolute Gasteiger partial charge is 0.427 e. The number of anilines is 2. The summed E-state index contributed by atoms with van der Waals surface area (Å²) in [4.78, 5) is 23.6. The van der Waals surface area contributed by atoms with Crippen molar-refractivity contribution in [1.82, 2.24) is 5.32 Å². The lowest BCUT2D eigenvalue weighted by Crippen LogP contribution is -2.53. The van der Waals surface area contributed by atoms with Gasteiger partial charge in [0, 0.05) is 12.6 Å². The number of amides is 2. The van der Waals surface area contributed by atoms with Crippen LogP contribution in [0, 0.1) is 5.82 Å². The molecule has 0 bridgehead atoms. The molecule has 2 atom stereocenters. The summed E-state index contributed by atoms with van der Waals surface area (Å²) in [6.07, 6.45) is -6.65. The summed E-state index contributed by atoms with van der Waals surface area (Å²) < 4.78 is 91.4. The van der Waals surface area contributed by atoms with Crippen LogP contribution >= 0.6 is 0 Å². The van der Waals surface area contributed by atoms with Crippen molar-refractivity contribution in [3.8, 4) is 5.75 Å². The van der Waals surface area contributed by atoms with E-state index in [1.165, 1.54) is 25.1 Å². The highest BCUT2D eigenvalue weighted by Gasteiger charge is 2.51. The Kier molecular flexibility index (Phi) is 8.15. The Morgan fingerprint density at radius 2 is 1.79 bits per heavy atom. The minimum Gasteiger partial charge on any atom is -0.484 e. The van der Waals surface area contributed by atoms with E-state index >= 15 is 0 Å². The first-order chi connectivity index (χ1) is 17.5. The highest BCUT2D eigenvalue weighted by Crippen LogP contribution is 2.40. The minimum atomic E-state index is -4.83. The number of halogens is 4. The first-order valence-electron chi connectivity index (χ1n) is 11.5. The fourth-order valence-corrected chi connectivity index (χ4v) is 5.15. The molecule has 208 valence electrons. The van der Waals surface area contributed by atoms with Crippen molar-refractivity contribution in [1.29, 1.82) is 0 Å². The molecule has 0 saturated heterocycles. The lowest BCUT2D eigenvalue weighted by Gasteiger charge is -2.38. The molecule has 2 aromatic carbocycles. The maximum absolute atomic E-state index is 13.6. The number of alkyl halides is 3. The molecule has 0 unspecified atom stereocenters. The van der Waals surface area contributed by atoms with Crippen LogP contribution in [0.25, 0.3) is 0 Å². The number of carbonyl (C=O) groups excluding carboxylic acids is 2. The van der Waals surface area contributed by atoms with Gasteiger partial charge in [-0.25, -0.2) is 17.6 Å². The van der Waals surface area contributed by atoms with Crippen LogP contribution in [-0.4, -0.2) is 50.9 Å². The highest BCUT2D eigenvalue weighted by atomic mass is 32.2. The minimum absolute atomic E-state index is 0.0314. The van der Waals surface area contributed by atoms with Crippen LogP contribution in [0.15, 0.2) is 47.4 Å². The zero-order valence-corrected chi connectivity index (χ0v) is 21.7. The average Bonchev–Trinajstić information content (AvgIpc) is 2.80. The zero-order valence-electron chi connectivity index (χ0n) is 20.9. The van der Waals surface area contributed by atoms with Crippen molar-refractivity contribution >= 4 is 33.4 Å². The van der Waals surface area contributed by atoms with Gasteiger partial charge in [0.1, 0.15) is 17.7 Å². The third-order valence-electron chi connectivity index (χ3n) is 5.81. The fraction of sp³-hybridized carbons (Fsp3) is 0.417. The summed E-state index contributed by atoms with van der Waals surface area (Å²) in [7, 11) is -4.31. The maximum Gasteiger partial charge on any atom is 0.427 e. The van der Waals surface area contributed by atoms with Gasteiger partial charge in [0.25, 0.3) is 10.0 Å². The third-order valence-corrected chi connectivity index (χ3v) is 7.60. The second-order valence-corrected chi connectivity index (χ2v) is 10.9. The molecular formula is C24H27F4N3O6S. The van der Waals surface area contributed by atoms with Gasteiger partial charge in [-0.05, 0) is 62.7 Å². The average molecular weight is 562 g/mol. The summed E-state index contributed by atoms with van der Waals surface area (Å²) >= 11 is 0. The number of nitrogens with one attached hydrogen (secondary N) is 2. The van der Waals surface area contributed by atoms with Crippen molar-refractivity contribution in [3.63, 3.8) is 0 Å². The summed E-state index contributed by atoms with van der Waals surface area (Å²) in [6.45, 7) is 4.19. The Hall–Kier alpha value is -3.55. The van der Waals surface area contributed by atoms with Gasteiger partial charge in [-0.15, -0.1) is 0 Å². The summed E-state index contributed by atoms with van der Waals surface area (Å²) in [5.74, 6) is -0.919. The standard InChI is InChI=1S/C24H27F4N3O6S/c1-5-18(29-14(2)32)21-13-31(38(34,35)17-9-6-15(25)7-10-17)19-12-16(8-11-20(19)36-21)30-22(33)37-23(3,4)24(26,27)28/h6-12,18,21H,5,13H2,1-4H3,(H,29,32)(H,30,33)/t18-,21+/m0/s1. The molecule has 0 fully saturated rings. The van der Waals surface area contributed by atoms with E-state index in [2.05, 4.69) is 15.4 Å². The van der Waals surface area contributed by atoms with Gasteiger partial charge in [-0.1, -0.05) is 6.92 Å². The van der Waals surface area contributed by atoms with Crippen molar-refractivity contribution in [2.24, 2.45) is 0 Å². The van der Waals surface area contributed by atoms with Gasteiger partial charge >= 0.3 is 12.3 Å². The quantitative estimate of drug-likeness (QED) is 0.479. The monoisotopic (exact) mass is 561 g/mol. The number of nitrogens with zero attached hydrogens (tertiary/aromatic N) is 1. The molecule has 0 saturated carbocycles. The zero-order chi connectivity index (χ0) is 28.5. The van der Waals surface area contributed by atoms with Crippen LogP contribution in [0.2, 0.25) is 0 Å². The van der Waals surface area contributed by atoms with E-state index in [1.54, 1.807) is 6.92 Å². The third kappa shape index (κ3) is 6.29. The highest BCUT2D eigenvalue weighted by molar-refractivity contribution is 7.92. The van der Waals surface area contributed by atoms with Gasteiger partial charge < -0.3 is 14.8 Å². The Morgan fingerprint density at radius 1 is 1.16 bits per heavy atom. The van der Waals surface area contributed by atoms with E-state index in [0.29, 0.717) is 20.3 Å². The van der Waals surface area contributed by atoms with Crippen LogP contribution < -0.4 is 19.7 Å². The number of benzene rings is 2. The first-order valence-corrected chi connectivity index (χ1v) is 12.9. The molecule has 3 rings (SSSR count). The van der Waals surface area contributed by atoms with E-state index in [0.717, 1.165) is 28.6 Å². The predicted molar refractivity (Wildman–Crippen MR) is 130 cm³/mol. The number of fused-ring (bicyclic) bond motifs is 1. The molecular weight excluding hydrogens is 534 g/mol. The molecule has 0 radical (unpaired) electrons. The molecule has 2 N–H and O–H groups in total. The molecule has 0 aromatic heterocycles. The summed E-state index contributed by atoms with van der Waals surface area (Å²) in [6, 6.07) is 7.39. The summed E-state index contributed by atoms with van der Waals surface area (Å²) in [5, 5.41) is 4.89. The molecule has 0 spiro atoms. The van der Waals surface area contributed by atoms with Crippen LogP contribution in [0.1, 0.15) is 34.1 Å². The van der Waals surface area contributed by atoms with E-state index in [9.17, 15) is 35.6 Å². The van der Waals surface area contributed by atoms with E-state index in [4.69, 9.17) is 4.74 Å². The maximum atomic E-state index is 13.6. The van der Waals surface area contributed by atoms with Crippen LogP contribution in [0.4, 0.5) is 33.7 Å². The number of rotatable bonds is 7. The van der Waals surface area contributed by atoms with E-state index in [-0.39, 0.29) is 34.5 Å². The molecule has 2 aromatic rings. The van der Waals surface area contributed by atoms with Crippen LogP contribution in [-0.2, 0) is 19.6 Å². The number of carbonyl (C=O) groups is 2. The Balaban J connectivity index is 2.00. The lowest BCUT2D eigenvalue weighted by molar-refractivity contribution is -0.242. The normalized spacial score (nSPS) is 16.6. The van der Waals surface area contributed by atoms with Crippen molar-refractivity contribution in [3.05, 3.63) is 48.3 Å². The second-order valence-electron chi connectivity index (χ2n) is 9.07. The van der Waals surface area contributed by atoms with Gasteiger partial charge in [0.15, 0.2) is 0 Å². The van der Waals surface area contributed by atoms with Gasteiger partial charge in [-0.3, -0.25) is 14.4 Å². The molecule has 1 aliphatic rings. The molecule has 9 nitrogen and oxygen atoms in total. The van der Waals surface area contributed by atoms with E-state index in [1.807, 2.05) is 0 Å². The largest absolute Gasteiger partial charge is 0.484 e. The van der Waals surface area contributed by atoms with Gasteiger partial charge in [0.2, 0.25) is 11.5 Å². The molecule has 38 heavy (non-hydrogen) atoms. The van der Waals surface area contributed by atoms with Crippen LogP contribution in [0.3, 0.4) is 0 Å². The molecule has 14 heteroatoms. The van der Waals surface area contributed by atoms with Crippen LogP contribution in [0.5, 0.6) is 5.75 Å². The second kappa shape index (κ2) is 10.7. The summed E-state index contributed by atoms with van der Waals surface area (Å²) in [5.41, 5.74) is -2.88. The number of hydrogen-bond acceptors (Lipinski definition) is 6. The predicted octanol–water partition coefficient (Wildman–Crippen LogP) is 4.59. The topological polar surface area (TPSA) is 114 Å². The molecule has 1 heterocycles. The lowest BCUT2D eigenvalue weighted by atomic mass is 10.1. The Bertz CT molecular complexity index is 1300. The van der Waals surface area contributed by atoms with Crippen molar-refractivity contribution in [2.45, 2.75) is 62.9 Å².